The lowest BCUT2D eigenvalue weighted by atomic mass is 10.1. The van der Waals surface area contributed by atoms with Gasteiger partial charge in [0, 0.05) is 11.6 Å². The van der Waals surface area contributed by atoms with Crippen LogP contribution < -0.4 is 5.32 Å². The normalized spacial score (nSPS) is 14.3. The highest BCUT2D eigenvalue weighted by atomic mass is 16.3. The third-order valence-electron chi connectivity index (χ3n) is 2.69. The number of carbonyl (C=O) groups is 1. The number of benzene rings is 1. The van der Waals surface area contributed by atoms with Crippen LogP contribution >= 0.6 is 0 Å². The molecule has 76 valence electrons. The third-order valence-corrected chi connectivity index (χ3v) is 2.69. The summed E-state index contributed by atoms with van der Waals surface area (Å²) in [6, 6.07) is 5.71. The Hall–Kier alpha value is -1.81. The Bertz CT molecular complexity index is 557. The SMILES string of the molecule is O=C1Cn2ccc3cc(CO)cc(c32)N1. The molecule has 1 aromatic carbocycles. The van der Waals surface area contributed by atoms with E-state index in [1.807, 2.05) is 29.0 Å². The maximum absolute atomic E-state index is 11.4. The number of carbonyl (C=O) groups excluding carboxylic acids is 1. The first kappa shape index (κ1) is 8.49. The van der Waals surface area contributed by atoms with Crippen molar-refractivity contribution in [1.82, 2.24) is 4.57 Å². The summed E-state index contributed by atoms with van der Waals surface area (Å²) in [5.41, 5.74) is 2.64. The van der Waals surface area contributed by atoms with Crippen molar-refractivity contribution in [3.05, 3.63) is 30.0 Å². The monoisotopic (exact) mass is 202 g/mol. The summed E-state index contributed by atoms with van der Waals surface area (Å²) in [4.78, 5) is 11.4. The fraction of sp³-hybridized carbons (Fsp3) is 0.182. The molecule has 4 heteroatoms. The van der Waals surface area contributed by atoms with Gasteiger partial charge in [-0.1, -0.05) is 0 Å². The minimum absolute atomic E-state index is 0.00993. The second kappa shape index (κ2) is 2.84. The van der Waals surface area contributed by atoms with E-state index in [0.29, 0.717) is 6.54 Å². The zero-order valence-electron chi connectivity index (χ0n) is 8.03. The fourth-order valence-electron chi connectivity index (χ4n) is 2.07. The smallest absolute Gasteiger partial charge is 0.244 e. The molecule has 1 aliphatic rings. The average Bonchev–Trinajstić information content (AvgIpc) is 2.62. The lowest BCUT2D eigenvalue weighted by Crippen LogP contribution is -2.23. The molecule has 0 saturated heterocycles. The first-order valence-corrected chi connectivity index (χ1v) is 4.80. The Labute approximate surface area is 86.1 Å². The first-order chi connectivity index (χ1) is 7.28. The average molecular weight is 202 g/mol. The van der Waals surface area contributed by atoms with Crippen molar-refractivity contribution in [1.29, 1.82) is 0 Å². The highest BCUT2D eigenvalue weighted by Gasteiger charge is 2.17. The zero-order chi connectivity index (χ0) is 10.4. The molecule has 2 N–H and O–H groups in total. The van der Waals surface area contributed by atoms with Crippen molar-refractivity contribution in [2.24, 2.45) is 0 Å². The molecule has 2 aromatic rings. The molecule has 1 aliphatic heterocycles. The van der Waals surface area contributed by atoms with Gasteiger partial charge >= 0.3 is 0 Å². The first-order valence-electron chi connectivity index (χ1n) is 4.80. The summed E-state index contributed by atoms with van der Waals surface area (Å²) in [5, 5.41) is 13.0. The molecule has 1 aromatic heterocycles. The number of aromatic nitrogens is 1. The number of amides is 1. The number of nitrogens with one attached hydrogen (secondary N) is 1. The molecular formula is C11H10N2O2. The quantitative estimate of drug-likeness (QED) is 0.727. The third kappa shape index (κ3) is 1.15. The van der Waals surface area contributed by atoms with Gasteiger partial charge in [-0.25, -0.2) is 0 Å². The van der Waals surface area contributed by atoms with Crippen LogP contribution in [0.25, 0.3) is 10.9 Å². The second-order valence-electron chi connectivity index (χ2n) is 3.73. The van der Waals surface area contributed by atoms with Gasteiger partial charge < -0.3 is 15.0 Å². The molecule has 0 unspecified atom stereocenters. The Morgan fingerprint density at radius 3 is 3.13 bits per heavy atom. The maximum Gasteiger partial charge on any atom is 0.244 e. The van der Waals surface area contributed by atoms with E-state index in [9.17, 15) is 4.79 Å². The standard InChI is InChI=1S/C11H10N2O2/c14-6-7-3-8-1-2-13-5-10(15)12-9(4-7)11(8)13/h1-4,14H,5-6H2,(H,12,15). The molecule has 0 spiro atoms. The van der Waals surface area contributed by atoms with E-state index in [4.69, 9.17) is 5.11 Å². The zero-order valence-corrected chi connectivity index (χ0v) is 8.03. The van der Waals surface area contributed by atoms with E-state index in [1.165, 1.54) is 0 Å². The Morgan fingerprint density at radius 2 is 2.33 bits per heavy atom. The molecule has 0 radical (unpaired) electrons. The van der Waals surface area contributed by atoms with Crippen molar-refractivity contribution in [2.45, 2.75) is 13.2 Å². The van der Waals surface area contributed by atoms with Gasteiger partial charge in [-0.15, -0.1) is 0 Å². The van der Waals surface area contributed by atoms with Crippen molar-refractivity contribution in [3.63, 3.8) is 0 Å². The van der Waals surface area contributed by atoms with Crippen LogP contribution in [0.4, 0.5) is 5.69 Å². The highest BCUT2D eigenvalue weighted by molar-refractivity contribution is 6.04. The number of hydrogen-bond acceptors (Lipinski definition) is 2. The van der Waals surface area contributed by atoms with Crippen LogP contribution in [0.3, 0.4) is 0 Å². The van der Waals surface area contributed by atoms with Gasteiger partial charge in [0.05, 0.1) is 17.8 Å². The molecule has 0 saturated carbocycles. The van der Waals surface area contributed by atoms with Gasteiger partial charge in [-0.2, -0.15) is 0 Å². The minimum atomic E-state index is -0.0184. The van der Waals surface area contributed by atoms with Gasteiger partial charge in [0.25, 0.3) is 0 Å². The summed E-state index contributed by atoms with van der Waals surface area (Å²) in [5.74, 6) is -0.0184. The summed E-state index contributed by atoms with van der Waals surface area (Å²) >= 11 is 0. The van der Waals surface area contributed by atoms with E-state index in [0.717, 1.165) is 22.2 Å². The van der Waals surface area contributed by atoms with Crippen molar-refractivity contribution < 1.29 is 9.90 Å². The lowest BCUT2D eigenvalue weighted by molar-refractivity contribution is -0.116. The van der Waals surface area contributed by atoms with Gasteiger partial charge in [-0.3, -0.25) is 4.79 Å². The number of aliphatic hydroxyl groups excluding tert-OH is 1. The fourth-order valence-corrected chi connectivity index (χ4v) is 2.07. The minimum Gasteiger partial charge on any atom is -0.392 e. The number of nitrogens with zero attached hydrogens (tertiary/aromatic N) is 1. The number of anilines is 1. The molecule has 2 heterocycles. The van der Waals surface area contributed by atoms with Crippen LogP contribution in [0.2, 0.25) is 0 Å². The van der Waals surface area contributed by atoms with Gasteiger partial charge in [0.15, 0.2) is 0 Å². The predicted molar refractivity (Wildman–Crippen MR) is 56.5 cm³/mol. The number of hydrogen-bond donors (Lipinski definition) is 2. The molecule has 0 bridgehead atoms. The van der Waals surface area contributed by atoms with E-state index in [2.05, 4.69) is 5.32 Å². The molecule has 0 aliphatic carbocycles. The maximum atomic E-state index is 11.4. The molecule has 0 fully saturated rings. The van der Waals surface area contributed by atoms with Crippen LogP contribution in [0.15, 0.2) is 24.4 Å². The van der Waals surface area contributed by atoms with Crippen LogP contribution in [-0.4, -0.2) is 15.6 Å². The Kier molecular flexibility index (Phi) is 1.61. The van der Waals surface area contributed by atoms with Crippen molar-refractivity contribution >= 4 is 22.5 Å². The highest BCUT2D eigenvalue weighted by Crippen LogP contribution is 2.29. The van der Waals surface area contributed by atoms with Gasteiger partial charge in [0.1, 0.15) is 6.54 Å². The summed E-state index contributed by atoms with van der Waals surface area (Å²) < 4.78 is 1.92. The largest absolute Gasteiger partial charge is 0.392 e. The van der Waals surface area contributed by atoms with Crippen LogP contribution in [-0.2, 0) is 17.9 Å². The molecule has 1 amide bonds. The Balaban J connectivity index is 2.35. The van der Waals surface area contributed by atoms with E-state index >= 15 is 0 Å². The number of rotatable bonds is 1. The van der Waals surface area contributed by atoms with Crippen LogP contribution in [0, 0.1) is 0 Å². The lowest BCUT2D eigenvalue weighted by Gasteiger charge is -2.17. The second-order valence-corrected chi connectivity index (χ2v) is 3.73. The van der Waals surface area contributed by atoms with Gasteiger partial charge in [0.2, 0.25) is 5.91 Å². The van der Waals surface area contributed by atoms with E-state index in [-0.39, 0.29) is 12.5 Å². The molecule has 3 rings (SSSR count). The summed E-state index contributed by atoms with van der Waals surface area (Å²) in [7, 11) is 0. The topological polar surface area (TPSA) is 54.3 Å². The molecule has 0 atom stereocenters. The Morgan fingerprint density at radius 1 is 1.47 bits per heavy atom. The summed E-state index contributed by atoms with van der Waals surface area (Å²) in [6.45, 7) is 0.360. The molecule has 4 nitrogen and oxygen atoms in total. The molecular weight excluding hydrogens is 192 g/mol. The van der Waals surface area contributed by atoms with E-state index in [1.54, 1.807) is 0 Å². The van der Waals surface area contributed by atoms with Crippen LogP contribution in [0.1, 0.15) is 5.56 Å². The predicted octanol–water partition coefficient (Wildman–Crippen LogP) is 1.09. The van der Waals surface area contributed by atoms with Gasteiger partial charge in [-0.05, 0) is 23.8 Å². The van der Waals surface area contributed by atoms with Crippen LogP contribution in [0.5, 0.6) is 0 Å². The number of aliphatic hydroxyl groups is 1. The van der Waals surface area contributed by atoms with Crippen molar-refractivity contribution in [2.75, 3.05) is 5.32 Å². The van der Waals surface area contributed by atoms with E-state index < -0.39 is 0 Å². The summed E-state index contributed by atoms with van der Waals surface area (Å²) in [6.07, 6.45) is 1.90. The van der Waals surface area contributed by atoms with Crippen molar-refractivity contribution in [3.8, 4) is 0 Å². The molecule has 15 heavy (non-hydrogen) atoms.